The molecule has 0 unspecified atom stereocenters. The van der Waals surface area contributed by atoms with Crippen molar-refractivity contribution in [1.82, 2.24) is 21.0 Å². The standard InChI is InChI=1S/C27H32N4O4/c32-26(29-25(27(33)30-34)23-11-13-28-14-12-23)24-9-7-21(8-10-24)2-1-20-3-5-22(6-4-20)19-31-15-17-35-18-16-31/h3-10,23,25,28,34H,11-19H2,(H,29,32)(H,30,33)/t25-/m0/s1. The number of benzene rings is 2. The lowest BCUT2D eigenvalue weighted by atomic mass is 9.89. The minimum Gasteiger partial charge on any atom is -0.379 e. The molecule has 2 aliphatic rings. The number of carbonyl (C=O) groups is 2. The Balaban J connectivity index is 1.34. The van der Waals surface area contributed by atoms with E-state index in [2.05, 4.69) is 39.5 Å². The summed E-state index contributed by atoms with van der Waals surface area (Å²) in [7, 11) is 0. The fourth-order valence-corrected chi connectivity index (χ4v) is 4.43. The van der Waals surface area contributed by atoms with Gasteiger partial charge >= 0.3 is 0 Å². The van der Waals surface area contributed by atoms with Gasteiger partial charge in [0.2, 0.25) is 0 Å². The average molecular weight is 477 g/mol. The van der Waals surface area contributed by atoms with Crippen molar-refractivity contribution >= 4 is 11.8 Å². The van der Waals surface area contributed by atoms with Gasteiger partial charge in [0.25, 0.3) is 11.8 Å². The van der Waals surface area contributed by atoms with Crippen LogP contribution in [-0.4, -0.2) is 67.4 Å². The molecule has 0 aliphatic carbocycles. The highest BCUT2D eigenvalue weighted by molar-refractivity contribution is 5.97. The van der Waals surface area contributed by atoms with E-state index < -0.39 is 11.9 Å². The van der Waals surface area contributed by atoms with Crippen LogP contribution in [0.4, 0.5) is 0 Å². The Morgan fingerprint density at radius 3 is 2.20 bits per heavy atom. The molecule has 2 saturated heterocycles. The molecule has 2 amide bonds. The lowest BCUT2D eigenvalue weighted by molar-refractivity contribution is -0.132. The van der Waals surface area contributed by atoms with Crippen molar-refractivity contribution in [2.75, 3.05) is 39.4 Å². The molecule has 8 nitrogen and oxygen atoms in total. The summed E-state index contributed by atoms with van der Waals surface area (Å²) in [6, 6.07) is 14.5. The Hall–Kier alpha value is -3.22. The fourth-order valence-electron chi connectivity index (χ4n) is 4.43. The van der Waals surface area contributed by atoms with Crippen molar-refractivity contribution < 1.29 is 19.5 Å². The maximum absolute atomic E-state index is 12.7. The van der Waals surface area contributed by atoms with E-state index in [-0.39, 0.29) is 11.8 Å². The third-order valence-electron chi connectivity index (χ3n) is 6.50. The van der Waals surface area contributed by atoms with Crippen LogP contribution in [0.3, 0.4) is 0 Å². The Morgan fingerprint density at radius 1 is 1.00 bits per heavy atom. The molecule has 35 heavy (non-hydrogen) atoms. The van der Waals surface area contributed by atoms with Gasteiger partial charge in [-0.05, 0) is 73.8 Å². The number of morpholine rings is 1. The number of hydroxylamine groups is 1. The molecular weight excluding hydrogens is 444 g/mol. The molecule has 2 aromatic rings. The highest BCUT2D eigenvalue weighted by Crippen LogP contribution is 2.17. The number of carbonyl (C=O) groups excluding carboxylic acids is 2. The van der Waals surface area contributed by atoms with E-state index in [9.17, 15) is 9.59 Å². The predicted octanol–water partition coefficient (Wildman–Crippen LogP) is 1.52. The van der Waals surface area contributed by atoms with Crippen molar-refractivity contribution in [2.45, 2.75) is 25.4 Å². The van der Waals surface area contributed by atoms with Crippen molar-refractivity contribution in [1.29, 1.82) is 0 Å². The Labute approximate surface area is 206 Å². The third kappa shape index (κ3) is 7.13. The maximum atomic E-state index is 12.7. The summed E-state index contributed by atoms with van der Waals surface area (Å²) in [6.07, 6.45) is 1.50. The van der Waals surface area contributed by atoms with Crippen LogP contribution in [0.5, 0.6) is 0 Å². The molecule has 0 radical (unpaired) electrons. The minimum atomic E-state index is -0.778. The second kappa shape index (κ2) is 12.5. The molecule has 8 heteroatoms. The van der Waals surface area contributed by atoms with Crippen LogP contribution in [0.1, 0.15) is 39.9 Å². The molecule has 2 aliphatic heterocycles. The Bertz CT molecular complexity index is 1050. The number of nitrogens with zero attached hydrogens (tertiary/aromatic N) is 1. The molecule has 0 saturated carbocycles. The monoisotopic (exact) mass is 476 g/mol. The first-order chi connectivity index (χ1) is 17.1. The van der Waals surface area contributed by atoms with Gasteiger partial charge in [0, 0.05) is 36.3 Å². The van der Waals surface area contributed by atoms with Crippen LogP contribution in [0.2, 0.25) is 0 Å². The number of nitrogens with one attached hydrogen (secondary N) is 3. The van der Waals surface area contributed by atoms with Crippen molar-refractivity contribution in [3.05, 3.63) is 70.8 Å². The lowest BCUT2D eigenvalue weighted by Gasteiger charge is -2.29. The van der Waals surface area contributed by atoms with Gasteiger partial charge < -0.3 is 15.4 Å². The topological polar surface area (TPSA) is 103 Å². The fraction of sp³-hybridized carbons (Fsp3) is 0.407. The third-order valence-corrected chi connectivity index (χ3v) is 6.50. The zero-order valence-electron chi connectivity index (χ0n) is 19.8. The van der Waals surface area contributed by atoms with Crippen LogP contribution in [0.25, 0.3) is 0 Å². The summed E-state index contributed by atoms with van der Waals surface area (Å²) in [5.74, 6) is 5.32. The van der Waals surface area contributed by atoms with Gasteiger partial charge in [-0.1, -0.05) is 24.0 Å². The van der Waals surface area contributed by atoms with Gasteiger partial charge in [0.05, 0.1) is 13.2 Å². The van der Waals surface area contributed by atoms with Gasteiger partial charge in [-0.2, -0.15) is 0 Å². The van der Waals surface area contributed by atoms with Gasteiger partial charge in [0.1, 0.15) is 6.04 Å². The SMILES string of the molecule is O=C(N[C@H](C(=O)NO)C1CCNCC1)c1ccc(C#Cc2ccc(CN3CCOCC3)cc2)cc1. The first-order valence-electron chi connectivity index (χ1n) is 12.1. The van der Waals surface area contributed by atoms with Gasteiger partial charge in [-0.15, -0.1) is 0 Å². The lowest BCUT2D eigenvalue weighted by Crippen LogP contribution is -2.52. The zero-order valence-corrected chi connectivity index (χ0v) is 19.8. The summed E-state index contributed by atoms with van der Waals surface area (Å²) >= 11 is 0. The van der Waals surface area contributed by atoms with E-state index in [1.54, 1.807) is 29.7 Å². The van der Waals surface area contributed by atoms with Gasteiger partial charge in [-0.3, -0.25) is 19.7 Å². The molecule has 0 aromatic heterocycles. The number of piperidine rings is 1. The van der Waals surface area contributed by atoms with E-state index in [1.165, 1.54) is 5.56 Å². The molecule has 4 N–H and O–H groups in total. The molecule has 2 heterocycles. The number of hydrogen-bond acceptors (Lipinski definition) is 6. The summed E-state index contributed by atoms with van der Waals surface area (Å²) in [5, 5.41) is 15.1. The maximum Gasteiger partial charge on any atom is 0.266 e. The Kier molecular flexibility index (Phi) is 8.87. The highest BCUT2D eigenvalue weighted by atomic mass is 16.5. The normalized spacial score (nSPS) is 17.6. The van der Waals surface area contributed by atoms with Crippen LogP contribution in [-0.2, 0) is 16.1 Å². The first-order valence-corrected chi connectivity index (χ1v) is 12.1. The second-order valence-electron chi connectivity index (χ2n) is 8.93. The number of amides is 2. The number of rotatable bonds is 6. The van der Waals surface area contributed by atoms with Crippen LogP contribution in [0, 0.1) is 17.8 Å². The van der Waals surface area contributed by atoms with Gasteiger partial charge in [0.15, 0.2) is 0 Å². The van der Waals surface area contributed by atoms with Crippen molar-refractivity contribution in [2.24, 2.45) is 5.92 Å². The molecule has 4 rings (SSSR count). The first kappa shape index (κ1) is 24.9. The molecule has 2 fully saturated rings. The summed E-state index contributed by atoms with van der Waals surface area (Å²) in [6.45, 7) is 5.98. The minimum absolute atomic E-state index is 0.0299. The Morgan fingerprint density at radius 2 is 1.60 bits per heavy atom. The molecule has 2 aromatic carbocycles. The second-order valence-corrected chi connectivity index (χ2v) is 8.93. The molecule has 184 valence electrons. The van der Waals surface area contributed by atoms with Crippen LogP contribution >= 0.6 is 0 Å². The number of hydrogen-bond donors (Lipinski definition) is 4. The summed E-state index contributed by atoms with van der Waals surface area (Å²) in [5.41, 5.74) is 5.10. The average Bonchev–Trinajstić information content (AvgIpc) is 2.92. The predicted molar refractivity (Wildman–Crippen MR) is 132 cm³/mol. The number of ether oxygens (including phenoxy) is 1. The van der Waals surface area contributed by atoms with E-state index in [0.717, 1.165) is 69.9 Å². The van der Waals surface area contributed by atoms with E-state index in [4.69, 9.17) is 9.94 Å². The molecule has 1 atom stereocenters. The van der Waals surface area contributed by atoms with E-state index in [0.29, 0.717) is 5.56 Å². The largest absolute Gasteiger partial charge is 0.379 e. The molecule has 0 bridgehead atoms. The van der Waals surface area contributed by atoms with E-state index >= 15 is 0 Å². The van der Waals surface area contributed by atoms with Crippen LogP contribution < -0.4 is 16.1 Å². The summed E-state index contributed by atoms with van der Waals surface area (Å²) < 4.78 is 5.40. The molecule has 0 spiro atoms. The highest BCUT2D eigenvalue weighted by Gasteiger charge is 2.31. The van der Waals surface area contributed by atoms with Gasteiger partial charge in [-0.25, -0.2) is 5.48 Å². The quantitative estimate of drug-likeness (QED) is 0.287. The molecular formula is C27H32N4O4. The van der Waals surface area contributed by atoms with Crippen LogP contribution in [0.15, 0.2) is 48.5 Å². The zero-order chi connectivity index (χ0) is 24.5. The van der Waals surface area contributed by atoms with Crippen molar-refractivity contribution in [3.63, 3.8) is 0 Å². The van der Waals surface area contributed by atoms with Crippen molar-refractivity contribution in [3.8, 4) is 11.8 Å². The summed E-state index contributed by atoms with van der Waals surface area (Å²) in [4.78, 5) is 27.3. The van der Waals surface area contributed by atoms with E-state index in [1.807, 2.05) is 12.1 Å². The smallest absolute Gasteiger partial charge is 0.266 e.